The molecule has 6 N–H and O–H groups in total. The van der Waals surface area contributed by atoms with E-state index in [2.05, 4.69) is 5.43 Å². The van der Waals surface area contributed by atoms with Crippen LogP contribution in [-0.2, 0) is 4.79 Å². The van der Waals surface area contributed by atoms with Gasteiger partial charge in [-0.2, -0.15) is 0 Å². The van der Waals surface area contributed by atoms with E-state index in [-0.39, 0.29) is 25.0 Å². The summed E-state index contributed by atoms with van der Waals surface area (Å²) in [5, 5.41) is 8.54. The van der Waals surface area contributed by atoms with E-state index in [0.717, 1.165) is 0 Å². The maximum Gasteiger partial charge on any atom is 0.217 e. The standard InChI is InChI=1S/C5H13N3O2/c6-5(10)2-1-4(3-9)8-7/h4,8-9H,1-3,7H2,(H2,6,10). The lowest BCUT2D eigenvalue weighted by atomic mass is 10.2. The molecule has 0 aliphatic carbocycles. The minimum absolute atomic E-state index is 0.0796. The fourth-order valence-corrected chi connectivity index (χ4v) is 0.544. The number of nitrogens with two attached hydrogens (primary N) is 2. The minimum Gasteiger partial charge on any atom is -0.395 e. The molecule has 1 atom stereocenters. The maximum atomic E-state index is 10.2. The highest BCUT2D eigenvalue weighted by Crippen LogP contribution is 1.93. The molecule has 0 saturated heterocycles. The van der Waals surface area contributed by atoms with Crippen LogP contribution in [0.3, 0.4) is 0 Å². The Bertz CT molecular complexity index is 103. The smallest absolute Gasteiger partial charge is 0.217 e. The summed E-state index contributed by atoms with van der Waals surface area (Å²) in [6.07, 6.45) is 0.720. The molecule has 0 radical (unpaired) electrons. The molecule has 60 valence electrons. The van der Waals surface area contributed by atoms with Crippen molar-refractivity contribution in [2.24, 2.45) is 11.6 Å². The van der Waals surface area contributed by atoms with E-state index >= 15 is 0 Å². The summed E-state index contributed by atoms with van der Waals surface area (Å²) in [6.45, 7) is -0.0796. The molecule has 0 aromatic heterocycles. The van der Waals surface area contributed by atoms with Crippen molar-refractivity contribution in [2.45, 2.75) is 18.9 Å². The molecular weight excluding hydrogens is 134 g/mol. The van der Waals surface area contributed by atoms with Gasteiger partial charge in [-0.05, 0) is 6.42 Å². The number of hydrogen-bond donors (Lipinski definition) is 4. The lowest BCUT2D eigenvalue weighted by Crippen LogP contribution is -2.38. The van der Waals surface area contributed by atoms with Crippen LogP contribution in [0.4, 0.5) is 0 Å². The molecule has 0 aromatic rings. The fourth-order valence-electron chi connectivity index (χ4n) is 0.544. The number of amides is 1. The molecule has 0 saturated carbocycles. The van der Waals surface area contributed by atoms with Crippen LogP contribution in [0, 0.1) is 0 Å². The van der Waals surface area contributed by atoms with Gasteiger partial charge in [0.05, 0.1) is 6.61 Å². The van der Waals surface area contributed by atoms with E-state index < -0.39 is 0 Å². The van der Waals surface area contributed by atoms with Gasteiger partial charge in [0.25, 0.3) is 0 Å². The normalized spacial score (nSPS) is 13.0. The number of aliphatic hydroxyl groups excluding tert-OH is 1. The Morgan fingerprint density at radius 1 is 1.70 bits per heavy atom. The number of primary amides is 1. The van der Waals surface area contributed by atoms with E-state index in [9.17, 15) is 4.79 Å². The molecule has 10 heavy (non-hydrogen) atoms. The highest BCUT2D eigenvalue weighted by Gasteiger charge is 2.05. The molecule has 0 fully saturated rings. The zero-order valence-electron chi connectivity index (χ0n) is 5.71. The van der Waals surface area contributed by atoms with Crippen LogP contribution in [0.1, 0.15) is 12.8 Å². The van der Waals surface area contributed by atoms with Gasteiger partial charge in [-0.3, -0.25) is 16.1 Å². The molecule has 0 bridgehead atoms. The van der Waals surface area contributed by atoms with Crippen LogP contribution in [-0.4, -0.2) is 23.7 Å². The Morgan fingerprint density at radius 2 is 2.30 bits per heavy atom. The third-order valence-electron chi connectivity index (χ3n) is 1.20. The molecule has 5 heteroatoms. The van der Waals surface area contributed by atoms with Crippen molar-refractivity contribution in [3.63, 3.8) is 0 Å². The second-order valence-electron chi connectivity index (χ2n) is 2.05. The number of carbonyl (C=O) groups is 1. The van der Waals surface area contributed by atoms with Gasteiger partial charge in [0.15, 0.2) is 0 Å². The largest absolute Gasteiger partial charge is 0.395 e. The van der Waals surface area contributed by atoms with Crippen LogP contribution in [0.5, 0.6) is 0 Å². The monoisotopic (exact) mass is 147 g/mol. The first-order valence-corrected chi connectivity index (χ1v) is 3.06. The average Bonchev–Trinajstić information content (AvgIpc) is 1.90. The van der Waals surface area contributed by atoms with Gasteiger partial charge in [-0.25, -0.2) is 0 Å². The van der Waals surface area contributed by atoms with E-state index in [4.69, 9.17) is 16.7 Å². The second kappa shape index (κ2) is 5.16. The quantitative estimate of drug-likeness (QED) is 0.269. The van der Waals surface area contributed by atoms with Gasteiger partial charge in [-0.1, -0.05) is 0 Å². The van der Waals surface area contributed by atoms with Gasteiger partial charge < -0.3 is 10.8 Å². The van der Waals surface area contributed by atoms with Crippen molar-refractivity contribution in [1.82, 2.24) is 5.43 Å². The van der Waals surface area contributed by atoms with Gasteiger partial charge in [0.1, 0.15) is 0 Å². The molecule has 1 amide bonds. The van der Waals surface area contributed by atoms with Gasteiger partial charge in [0, 0.05) is 12.5 Å². The first-order valence-electron chi connectivity index (χ1n) is 3.06. The summed E-state index contributed by atoms with van der Waals surface area (Å²) in [5.74, 6) is 4.63. The third-order valence-corrected chi connectivity index (χ3v) is 1.20. The van der Waals surface area contributed by atoms with Crippen molar-refractivity contribution in [3.8, 4) is 0 Å². The molecule has 0 spiro atoms. The molecule has 0 aliphatic heterocycles. The Kier molecular flexibility index (Phi) is 4.82. The summed E-state index contributed by atoms with van der Waals surface area (Å²) < 4.78 is 0. The van der Waals surface area contributed by atoms with E-state index in [1.54, 1.807) is 0 Å². The topological polar surface area (TPSA) is 101 Å². The van der Waals surface area contributed by atoms with Crippen molar-refractivity contribution >= 4 is 5.91 Å². The van der Waals surface area contributed by atoms with Crippen molar-refractivity contribution < 1.29 is 9.90 Å². The Hall–Kier alpha value is -0.650. The molecule has 1 unspecified atom stereocenters. The number of rotatable bonds is 5. The SMILES string of the molecule is NNC(CO)CCC(N)=O. The van der Waals surface area contributed by atoms with Crippen molar-refractivity contribution in [3.05, 3.63) is 0 Å². The zero-order valence-corrected chi connectivity index (χ0v) is 5.71. The first kappa shape index (κ1) is 9.35. The number of nitrogens with one attached hydrogen (secondary N) is 1. The van der Waals surface area contributed by atoms with Gasteiger partial charge in [-0.15, -0.1) is 0 Å². The molecular formula is C5H13N3O2. The van der Waals surface area contributed by atoms with Gasteiger partial charge in [0.2, 0.25) is 5.91 Å². The predicted molar refractivity (Wildman–Crippen MR) is 36.6 cm³/mol. The van der Waals surface area contributed by atoms with Crippen LogP contribution in [0.2, 0.25) is 0 Å². The Labute approximate surface area is 59.4 Å². The number of carbonyl (C=O) groups excluding carboxylic acids is 1. The molecule has 0 aromatic carbocycles. The highest BCUT2D eigenvalue weighted by molar-refractivity contribution is 5.73. The van der Waals surface area contributed by atoms with Crippen LogP contribution >= 0.6 is 0 Å². The zero-order chi connectivity index (χ0) is 7.98. The fraction of sp³-hybridized carbons (Fsp3) is 0.800. The summed E-state index contributed by atoms with van der Waals surface area (Å²) in [6, 6.07) is -0.229. The Morgan fingerprint density at radius 3 is 2.60 bits per heavy atom. The summed E-state index contributed by atoms with van der Waals surface area (Å²) in [7, 11) is 0. The predicted octanol–water partition coefficient (Wildman–Crippen LogP) is -1.92. The lowest BCUT2D eigenvalue weighted by molar-refractivity contribution is -0.118. The highest BCUT2D eigenvalue weighted by atomic mass is 16.3. The Balaban J connectivity index is 3.34. The lowest BCUT2D eigenvalue weighted by Gasteiger charge is -2.09. The van der Waals surface area contributed by atoms with Crippen molar-refractivity contribution in [1.29, 1.82) is 0 Å². The molecule has 0 heterocycles. The number of hydrazine groups is 1. The third kappa shape index (κ3) is 4.25. The number of aliphatic hydroxyl groups is 1. The summed E-state index contributed by atoms with van der Waals surface area (Å²) in [4.78, 5) is 10.2. The van der Waals surface area contributed by atoms with Gasteiger partial charge >= 0.3 is 0 Å². The van der Waals surface area contributed by atoms with E-state index in [1.165, 1.54) is 0 Å². The maximum absolute atomic E-state index is 10.2. The van der Waals surface area contributed by atoms with Crippen LogP contribution in [0.25, 0.3) is 0 Å². The first-order chi connectivity index (χ1) is 4.70. The van der Waals surface area contributed by atoms with Crippen molar-refractivity contribution in [2.75, 3.05) is 6.61 Å². The minimum atomic E-state index is -0.381. The van der Waals surface area contributed by atoms with E-state index in [0.29, 0.717) is 6.42 Å². The molecule has 0 rings (SSSR count). The average molecular weight is 147 g/mol. The number of hydrogen-bond acceptors (Lipinski definition) is 4. The molecule has 0 aliphatic rings. The van der Waals surface area contributed by atoms with E-state index in [1.807, 2.05) is 0 Å². The molecule has 5 nitrogen and oxygen atoms in total. The van der Waals surface area contributed by atoms with Crippen LogP contribution in [0.15, 0.2) is 0 Å². The second-order valence-corrected chi connectivity index (χ2v) is 2.05. The summed E-state index contributed by atoms with van der Waals surface area (Å²) >= 11 is 0. The summed E-state index contributed by atoms with van der Waals surface area (Å²) in [5.41, 5.74) is 7.21. The van der Waals surface area contributed by atoms with Crippen LogP contribution < -0.4 is 17.0 Å².